The molecule has 0 spiro atoms. The summed E-state index contributed by atoms with van der Waals surface area (Å²) in [5, 5.41) is 3.11. The fourth-order valence-electron chi connectivity index (χ4n) is 2.88. The van der Waals surface area contributed by atoms with E-state index in [1.54, 1.807) is 6.92 Å². The summed E-state index contributed by atoms with van der Waals surface area (Å²) in [6, 6.07) is 12.4. The Bertz CT molecular complexity index is 734. The van der Waals surface area contributed by atoms with Gasteiger partial charge in [-0.1, -0.05) is 42.8 Å². The molecule has 2 aromatic carbocycles. The molecule has 25 heavy (non-hydrogen) atoms. The molecular formula is C22H29NO2. The summed E-state index contributed by atoms with van der Waals surface area (Å²) in [5.74, 6) is 0.689. The van der Waals surface area contributed by atoms with E-state index in [0.29, 0.717) is 0 Å². The first kappa shape index (κ1) is 19.0. The fraction of sp³-hybridized carbons (Fsp3) is 0.409. The van der Waals surface area contributed by atoms with Crippen LogP contribution >= 0.6 is 0 Å². The van der Waals surface area contributed by atoms with Crippen molar-refractivity contribution in [1.29, 1.82) is 0 Å². The zero-order chi connectivity index (χ0) is 18.6. The van der Waals surface area contributed by atoms with Crippen LogP contribution in [-0.4, -0.2) is 12.0 Å². The third-order valence-electron chi connectivity index (χ3n) is 4.64. The first-order valence-electron chi connectivity index (χ1n) is 8.93. The van der Waals surface area contributed by atoms with Gasteiger partial charge in [-0.3, -0.25) is 4.79 Å². The van der Waals surface area contributed by atoms with Crippen LogP contribution in [0, 0.1) is 27.7 Å². The van der Waals surface area contributed by atoms with Gasteiger partial charge < -0.3 is 10.1 Å². The number of benzene rings is 2. The van der Waals surface area contributed by atoms with Crippen LogP contribution in [0.4, 0.5) is 0 Å². The van der Waals surface area contributed by atoms with Crippen molar-refractivity contribution in [1.82, 2.24) is 5.32 Å². The highest BCUT2D eigenvalue weighted by Crippen LogP contribution is 2.25. The van der Waals surface area contributed by atoms with Gasteiger partial charge in [0.2, 0.25) is 0 Å². The van der Waals surface area contributed by atoms with Crippen LogP contribution < -0.4 is 10.1 Å². The Kier molecular flexibility index (Phi) is 6.24. The van der Waals surface area contributed by atoms with Crippen molar-refractivity contribution in [2.45, 2.75) is 60.1 Å². The number of ether oxygens (including phenoxy) is 1. The quantitative estimate of drug-likeness (QED) is 0.808. The Morgan fingerprint density at radius 1 is 1.04 bits per heavy atom. The van der Waals surface area contributed by atoms with Gasteiger partial charge in [0.25, 0.3) is 5.91 Å². The normalized spacial score (nSPS) is 13.2. The maximum Gasteiger partial charge on any atom is 0.261 e. The predicted molar refractivity (Wildman–Crippen MR) is 103 cm³/mol. The van der Waals surface area contributed by atoms with Gasteiger partial charge in [-0.05, 0) is 69.4 Å². The summed E-state index contributed by atoms with van der Waals surface area (Å²) < 4.78 is 5.96. The summed E-state index contributed by atoms with van der Waals surface area (Å²) in [5.41, 5.74) is 5.73. The molecule has 0 saturated carbocycles. The molecule has 0 unspecified atom stereocenters. The van der Waals surface area contributed by atoms with E-state index in [0.717, 1.165) is 28.9 Å². The minimum absolute atomic E-state index is 0.000470. The van der Waals surface area contributed by atoms with Gasteiger partial charge in [-0.15, -0.1) is 0 Å². The molecule has 2 rings (SSSR count). The monoisotopic (exact) mass is 339 g/mol. The number of carbonyl (C=O) groups excluding carboxylic acids is 1. The molecule has 134 valence electrons. The minimum Gasteiger partial charge on any atom is -0.481 e. The van der Waals surface area contributed by atoms with Crippen molar-refractivity contribution in [3.8, 4) is 5.75 Å². The predicted octanol–water partition coefficient (Wildman–Crippen LogP) is 4.96. The molecule has 0 heterocycles. The van der Waals surface area contributed by atoms with E-state index in [1.165, 1.54) is 11.1 Å². The van der Waals surface area contributed by atoms with Crippen LogP contribution in [0.1, 0.15) is 54.1 Å². The summed E-state index contributed by atoms with van der Waals surface area (Å²) in [6.45, 7) is 12.1. The van der Waals surface area contributed by atoms with E-state index in [4.69, 9.17) is 4.74 Å². The summed E-state index contributed by atoms with van der Waals surface area (Å²) in [6.07, 6.45) is 0.295. The average Bonchev–Trinajstić information content (AvgIpc) is 2.57. The van der Waals surface area contributed by atoms with Crippen LogP contribution in [0.2, 0.25) is 0 Å². The largest absolute Gasteiger partial charge is 0.481 e. The van der Waals surface area contributed by atoms with Crippen molar-refractivity contribution in [2.24, 2.45) is 0 Å². The van der Waals surface area contributed by atoms with Crippen LogP contribution in [-0.2, 0) is 4.79 Å². The number of hydrogen-bond donors (Lipinski definition) is 1. The number of rotatable bonds is 6. The standard InChI is InChI=1S/C22H29NO2/c1-7-20(19-10-8-14(2)9-11-19)23-22(24)18(6)25-21-13-15(3)12-16(4)17(21)5/h8-13,18,20H,7H2,1-6H3,(H,23,24)/t18-,20-/m1/s1. The lowest BCUT2D eigenvalue weighted by atomic mass is 10.0. The second kappa shape index (κ2) is 8.19. The molecule has 0 aliphatic heterocycles. The molecule has 0 aromatic heterocycles. The summed E-state index contributed by atoms with van der Waals surface area (Å²) >= 11 is 0. The molecule has 0 saturated heterocycles. The molecule has 2 aromatic rings. The fourth-order valence-corrected chi connectivity index (χ4v) is 2.88. The summed E-state index contributed by atoms with van der Waals surface area (Å²) in [4.78, 5) is 12.6. The molecule has 0 fully saturated rings. The molecule has 2 atom stereocenters. The van der Waals surface area contributed by atoms with Gasteiger partial charge in [-0.2, -0.15) is 0 Å². The average molecular weight is 339 g/mol. The van der Waals surface area contributed by atoms with E-state index in [1.807, 2.05) is 19.9 Å². The van der Waals surface area contributed by atoms with Crippen LogP contribution in [0.3, 0.4) is 0 Å². The Hall–Kier alpha value is -2.29. The first-order chi connectivity index (χ1) is 11.8. The van der Waals surface area contributed by atoms with Gasteiger partial charge >= 0.3 is 0 Å². The molecule has 3 nitrogen and oxygen atoms in total. The molecule has 0 aliphatic carbocycles. The Balaban J connectivity index is 2.08. The third-order valence-corrected chi connectivity index (χ3v) is 4.64. The van der Waals surface area contributed by atoms with Crippen molar-refractivity contribution in [3.05, 3.63) is 64.2 Å². The zero-order valence-electron chi connectivity index (χ0n) is 16.1. The maximum atomic E-state index is 12.6. The molecule has 1 N–H and O–H groups in total. The maximum absolute atomic E-state index is 12.6. The molecule has 1 amide bonds. The van der Waals surface area contributed by atoms with Crippen LogP contribution in [0.5, 0.6) is 5.75 Å². The van der Waals surface area contributed by atoms with Gasteiger partial charge in [0.1, 0.15) is 5.75 Å². The number of aryl methyl sites for hydroxylation is 3. The van der Waals surface area contributed by atoms with Gasteiger partial charge in [0, 0.05) is 0 Å². The van der Waals surface area contributed by atoms with Crippen molar-refractivity contribution in [2.75, 3.05) is 0 Å². The number of hydrogen-bond acceptors (Lipinski definition) is 2. The summed E-state index contributed by atoms with van der Waals surface area (Å²) in [7, 11) is 0. The topological polar surface area (TPSA) is 38.3 Å². The SMILES string of the molecule is CC[C@@H](NC(=O)[C@@H](C)Oc1cc(C)cc(C)c1C)c1ccc(C)cc1. The highest BCUT2D eigenvalue weighted by Gasteiger charge is 2.20. The van der Waals surface area contributed by atoms with Gasteiger partial charge in [0.05, 0.1) is 6.04 Å². The number of amides is 1. The Morgan fingerprint density at radius 2 is 1.68 bits per heavy atom. The van der Waals surface area contributed by atoms with E-state index in [9.17, 15) is 4.79 Å². The first-order valence-corrected chi connectivity index (χ1v) is 8.93. The molecule has 0 aliphatic rings. The minimum atomic E-state index is -0.542. The molecule has 0 bridgehead atoms. The van der Waals surface area contributed by atoms with Crippen molar-refractivity contribution < 1.29 is 9.53 Å². The van der Waals surface area contributed by atoms with Crippen LogP contribution in [0.25, 0.3) is 0 Å². The van der Waals surface area contributed by atoms with E-state index in [-0.39, 0.29) is 11.9 Å². The molecule has 3 heteroatoms. The second-order valence-electron chi connectivity index (χ2n) is 6.85. The smallest absolute Gasteiger partial charge is 0.261 e. The zero-order valence-corrected chi connectivity index (χ0v) is 16.1. The highest BCUT2D eigenvalue weighted by molar-refractivity contribution is 5.81. The van der Waals surface area contributed by atoms with Crippen molar-refractivity contribution in [3.63, 3.8) is 0 Å². The lowest BCUT2D eigenvalue weighted by molar-refractivity contribution is -0.128. The van der Waals surface area contributed by atoms with E-state index >= 15 is 0 Å². The van der Waals surface area contributed by atoms with Gasteiger partial charge in [-0.25, -0.2) is 0 Å². The Morgan fingerprint density at radius 3 is 2.28 bits per heavy atom. The number of nitrogens with one attached hydrogen (secondary N) is 1. The van der Waals surface area contributed by atoms with Crippen molar-refractivity contribution >= 4 is 5.91 Å². The van der Waals surface area contributed by atoms with Crippen LogP contribution in [0.15, 0.2) is 36.4 Å². The van der Waals surface area contributed by atoms with E-state index in [2.05, 4.69) is 56.4 Å². The molecule has 0 radical (unpaired) electrons. The van der Waals surface area contributed by atoms with Gasteiger partial charge in [0.15, 0.2) is 6.10 Å². The lowest BCUT2D eigenvalue weighted by Gasteiger charge is -2.22. The number of carbonyl (C=O) groups is 1. The van der Waals surface area contributed by atoms with E-state index < -0.39 is 6.10 Å². The Labute approximate surface area is 151 Å². The molecular weight excluding hydrogens is 310 g/mol. The highest BCUT2D eigenvalue weighted by atomic mass is 16.5. The third kappa shape index (κ3) is 4.85. The second-order valence-corrected chi connectivity index (χ2v) is 6.85. The lowest BCUT2D eigenvalue weighted by Crippen LogP contribution is -2.38.